The minimum absolute atomic E-state index is 0.191. The minimum atomic E-state index is -0.191. The van der Waals surface area contributed by atoms with Gasteiger partial charge in [0.05, 0.1) is 0 Å². The zero-order chi connectivity index (χ0) is 12.4. The molecule has 0 atom stereocenters. The molecule has 0 fully saturated rings. The van der Waals surface area contributed by atoms with Gasteiger partial charge in [0.2, 0.25) is 0 Å². The third kappa shape index (κ3) is 2.20. The maximum Gasteiger partial charge on any atom is 0.131 e. The highest BCUT2D eigenvalue weighted by Gasteiger charge is 2.02. The lowest BCUT2D eigenvalue weighted by atomic mass is 10.1. The average molecular weight is 254 g/mol. The van der Waals surface area contributed by atoms with E-state index in [2.05, 4.69) is 0 Å². The van der Waals surface area contributed by atoms with E-state index in [-0.39, 0.29) is 5.83 Å². The maximum atomic E-state index is 14.1. The van der Waals surface area contributed by atoms with Crippen molar-refractivity contribution in [2.45, 2.75) is 0 Å². The lowest BCUT2D eigenvalue weighted by Crippen LogP contribution is -1.79. The van der Waals surface area contributed by atoms with E-state index in [0.29, 0.717) is 5.56 Å². The van der Waals surface area contributed by atoms with Gasteiger partial charge in [-0.2, -0.15) is 0 Å². The summed E-state index contributed by atoms with van der Waals surface area (Å²) in [6.45, 7) is 0. The zero-order valence-electron chi connectivity index (χ0n) is 9.64. The summed E-state index contributed by atoms with van der Waals surface area (Å²) in [5, 5.41) is 4.13. The number of halogens is 1. The van der Waals surface area contributed by atoms with Crippen molar-refractivity contribution in [3.63, 3.8) is 0 Å². The number of fused-ring (bicyclic) bond motifs is 1. The smallest absolute Gasteiger partial charge is 0.131 e. The molecule has 0 spiro atoms. The van der Waals surface area contributed by atoms with Gasteiger partial charge >= 0.3 is 0 Å². The molecule has 0 aliphatic heterocycles. The van der Waals surface area contributed by atoms with E-state index in [4.69, 9.17) is 0 Å². The first-order valence-corrected chi connectivity index (χ1v) is 6.61. The van der Waals surface area contributed by atoms with Gasteiger partial charge in [-0.15, -0.1) is 11.3 Å². The molecule has 1 aromatic heterocycles. The number of thiophene rings is 1. The van der Waals surface area contributed by atoms with Crippen molar-refractivity contribution < 1.29 is 4.39 Å². The lowest BCUT2D eigenvalue weighted by molar-refractivity contribution is 0.766. The third-order valence-corrected chi connectivity index (χ3v) is 3.66. The number of hydrogen-bond donors (Lipinski definition) is 0. The van der Waals surface area contributed by atoms with Crippen molar-refractivity contribution in [2.24, 2.45) is 0 Å². The van der Waals surface area contributed by atoms with Crippen LogP contribution in [0.25, 0.3) is 22.7 Å². The molecule has 3 rings (SSSR count). The van der Waals surface area contributed by atoms with Gasteiger partial charge in [-0.3, -0.25) is 0 Å². The Morgan fingerprint density at radius 2 is 1.78 bits per heavy atom. The summed E-state index contributed by atoms with van der Waals surface area (Å²) < 4.78 is 14.1. The van der Waals surface area contributed by atoms with Crippen LogP contribution in [0, 0.1) is 0 Å². The maximum absolute atomic E-state index is 14.1. The zero-order valence-corrected chi connectivity index (χ0v) is 10.5. The van der Waals surface area contributed by atoms with Crippen LogP contribution in [0.2, 0.25) is 0 Å². The minimum Gasteiger partial charge on any atom is -0.206 e. The molecule has 18 heavy (non-hydrogen) atoms. The molecule has 0 radical (unpaired) electrons. The highest BCUT2D eigenvalue weighted by atomic mass is 32.1. The van der Waals surface area contributed by atoms with Gasteiger partial charge in [0.25, 0.3) is 0 Å². The highest BCUT2D eigenvalue weighted by Crippen LogP contribution is 2.25. The predicted octanol–water partition coefficient (Wildman–Crippen LogP) is 5.37. The quantitative estimate of drug-likeness (QED) is 0.576. The van der Waals surface area contributed by atoms with Gasteiger partial charge in [0.1, 0.15) is 5.83 Å². The van der Waals surface area contributed by atoms with Gasteiger partial charge < -0.3 is 0 Å². The summed E-state index contributed by atoms with van der Waals surface area (Å²) in [5.41, 5.74) is 0.627. The fourth-order valence-electron chi connectivity index (χ4n) is 1.92. The predicted molar refractivity (Wildman–Crippen MR) is 77.2 cm³/mol. The van der Waals surface area contributed by atoms with Gasteiger partial charge in [0.15, 0.2) is 0 Å². The van der Waals surface area contributed by atoms with E-state index in [9.17, 15) is 4.39 Å². The van der Waals surface area contributed by atoms with Gasteiger partial charge in [-0.05, 0) is 34.4 Å². The Bertz CT molecular complexity index is 696. The van der Waals surface area contributed by atoms with Gasteiger partial charge in [-0.1, -0.05) is 42.5 Å². The molecule has 3 aromatic rings. The molecule has 0 aliphatic rings. The number of hydrogen-bond acceptors (Lipinski definition) is 1. The van der Waals surface area contributed by atoms with E-state index < -0.39 is 0 Å². The molecule has 0 saturated carbocycles. The molecule has 0 amide bonds. The first-order chi connectivity index (χ1) is 8.83. The molecule has 0 bridgehead atoms. The molecule has 0 N–H and O–H groups in total. The Hall–Kier alpha value is -1.93. The third-order valence-electron chi connectivity index (χ3n) is 2.84. The highest BCUT2D eigenvalue weighted by molar-refractivity contribution is 7.10. The standard InChI is InChI=1S/C16H11FS/c17-16(11-15-6-3-9-18-15)14-8-7-12-4-1-2-5-13(12)10-14/h1-11H/b16-11+. The number of benzene rings is 2. The first-order valence-electron chi connectivity index (χ1n) is 5.73. The molecule has 0 saturated heterocycles. The van der Waals surface area contributed by atoms with Crippen molar-refractivity contribution in [2.75, 3.05) is 0 Å². The van der Waals surface area contributed by atoms with Crippen LogP contribution in [0.1, 0.15) is 10.4 Å². The summed E-state index contributed by atoms with van der Waals surface area (Å²) >= 11 is 1.53. The van der Waals surface area contributed by atoms with Crippen molar-refractivity contribution in [1.29, 1.82) is 0 Å². The monoisotopic (exact) mass is 254 g/mol. The van der Waals surface area contributed by atoms with E-state index in [1.165, 1.54) is 11.3 Å². The first kappa shape index (κ1) is 11.2. The molecular formula is C16H11FS. The summed E-state index contributed by atoms with van der Waals surface area (Å²) in [6, 6.07) is 17.5. The molecular weight excluding hydrogens is 243 g/mol. The van der Waals surface area contributed by atoms with Crippen LogP contribution in [-0.4, -0.2) is 0 Å². The van der Waals surface area contributed by atoms with Gasteiger partial charge in [-0.25, -0.2) is 4.39 Å². The van der Waals surface area contributed by atoms with Gasteiger partial charge in [0, 0.05) is 10.4 Å². The van der Waals surface area contributed by atoms with Crippen LogP contribution in [0.5, 0.6) is 0 Å². The van der Waals surface area contributed by atoms with Crippen LogP contribution in [0.3, 0.4) is 0 Å². The average Bonchev–Trinajstić information content (AvgIpc) is 2.91. The second-order valence-corrected chi connectivity index (χ2v) is 5.05. The van der Waals surface area contributed by atoms with Crippen LogP contribution in [-0.2, 0) is 0 Å². The topological polar surface area (TPSA) is 0 Å². The summed E-state index contributed by atoms with van der Waals surface area (Å²) in [4.78, 5) is 0.931. The summed E-state index contributed by atoms with van der Waals surface area (Å²) in [6.07, 6.45) is 1.58. The van der Waals surface area contributed by atoms with Crippen LogP contribution >= 0.6 is 11.3 Å². The lowest BCUT2D eigenvalue weighted by Gasteiger charge is -2.01. The Balaban J connectivity index is 2.04. The molecule has 88 valence electrons. The normalized spacial score (nSPS) is 11.9. The fraction of sp³-hybridized carbons (Fsp3) is 0. The Morgan fingerprint density at radius 3 is 2.56 bits per heavy atom. The summed E-state index contributed by atoms with van der Waals surface area (Å²) in [7, 11) is 0. The van der Waals surface area contributed by atoms with Crippen LogP contribution in [0.15, 0.2) is 60.0 Å². The molecule has 2 heteroatoms. The second-order valence-electron chi connectivity index (χ2n) is 4.07. The van der Waals surface area contributed by atoms with Crippen molar-refractivity contribution in [3.8, 4) is 0 Å². The molecule has 0 aliphatic carbocycles. The molecule has 0 unspecified atom stereocenters. The van der Waals surface area contributed by atoms with Crippen LogP contribution in [0.4, 0.5) is 4.39 Å². The van der Waals surface area contributed by atoms with E-state index in [0.717, 1.165) is 15.6 Å². The Morgan fingerprint density at radius 1 is 0.944 bits per heavy atom. The second kappa shape index (κ2) is 4.75. The van der Waals surface area contributed by atoms with E-state index in [1.807, 2.05) is 60.0 Å². The summed E-state index contributed by atoms with van der Waals surface area (Å²) in [5.74, 6) is -0.191. The molecule has 1 heterocycles. The van der Waals surface area contributed by atoms with Crippen LogP contribution < -0.4 is 0 Å². The Kier molecular flexibility index (Phi) is 2.95. The van der Waals surface area contributed by atoms with E-state index >= 15 is 0 Å². The largest absolute Gasteiger partial charge is 0.206 e. The fourth-order valence-corrected chi connectivity index (χ4v) is 2.56. The molecule has 2 aromatic carbocycles. The van der Waals surface area contributed by atoms with Crippen molar-refractivity contribution in [3.05, 3.63) is 70.4 Å². The van der Waals surface area contributed by atoms with Crippen molar-refractivity contribution in [1.82, 2.24) is 0 Å². The van der Waals surface area contributed by atoms with E-state index in [1.54, 1.807) is 6.08 Å². The number of rotatable bonds is 2. The van der Waals surface area contributed by atoms with Crippen molar-refractivity contribution >= 4 is 34.0 Å². The Labute approximate surface area is 109 Å². The molecule has 0 nitrogen and oxygen atoms in total. The SMILES string of the molecule is F/C(=C/c1cccs1)c1ccc2ccccc2c1.